The fourth-order valence-electron chi connectivity index (χ4n) is 2.84. The van der Waals surface area contributed by atoms with E-state index in [9.17, 15) is 10.2 Å². The van der Waals surface area contributed by atoms with Gasteiger partial charge in [0.1, 0.15) is 5.52 Å². The van der Waals surface area contributed by atoms with Gasteiger partial charge in [0.2, 0.25) is 0 Å². The average molecular weight is 309 g/mol. The van der Waals surface area contributed by atoms with E-state index in [1.54, 1.807) is 10.9 Å². The number of anilines is 1. The van der Waals surface area contributed by atoms with E-state index < -0.39 is 11.5 Å². The van der Waals surface area contributed by atoms with Gasteiger partial charge in [-0.1, -0.05) is 18.7 Å². The number of aromatic nitrogens is 4. The van der Waals surface area contributed by atoms with Crippen LogP contribution in [0.1, 0.15) is 13.3 Å². The van der Waals surface area contributed by atoms with Crippen molar-refractivity contribution in [3.63, 3.8) is 0 Å². The van der Waals surface area contributed by atoms with E-state index in [-0.39, 0.29) is 6.61 Å². The van der Waals surface area contributed by atoms with Crippen molar-refractivity contribution in [1.29, 1.82) is 0 Å². The Morgan fingerprint density at radius 1 is 1.57 bits per heavy atom. The monoisotopic (exact) mass is 309 g/mol. The topological polar surface area (TPSA) is 110 Å². The predicted octanol–water partition coefficient (Wildman–Crippen LogP) is 0.510. The number of nitrogens with zero attached hydrogens (tertiary/aromatic N) is 4. The minimum Gasteiger partial charge on any atom is -0.396 e. The molecule has 0 aliphatic heterocycles. The Bertz CT molecular complexity index is 672. The largest absolute Gasteiger partial charge is 0.396 e. The van der Waals surface area contributed by atoms with Crippen molar-refractivity contribution >= 4 is 28.7 Å². The molecule has 4 N–H and O–H groups in total. The summed E-state index contributed by atoms with van der Waals surface area (Å²) in [5, 5.41) is 20.6. The zero-order chi connectivity index (χ0) is 15.2. The van der Waals surface area contributed by atoms with Crippen LogP contribution in [0.2, 0.25) is 0 Å². The van der Waals surface area contributed by atoms with E-state index in [0.717, 1.165) is 6.42 Å². The number of imidazole rings is 1. The molecule has 3 atom stereocenters. The lowest BCUT2D eigenvalue weighted by Crippen LogP contribution is -2.31. The van der Waals surface area contributed by atoms with Gasteiger partial charge in [0, 0.05) is 5.41 Å². The van der Waals surface area contributed by atoms with E-state index in [2.05, 4.69) is 15.0 Å². The molecule has 2 aromatic rings. The minimum absolute atomic E-state index is 0.00481. The summed E-state index contributed by atoms with van der Waals surface area (Å²) >= 11 is 1.41. The van der Waals surface area contributed by atoms with Gasteiger partial charge in [-0.25, -0.2) is 15.0 Å². The molecular weight excluding hydrogens is 290 g/mol. The van der Waals surface area contributed by atoms with Gasteiger partial charge in [-0.15, -0.1) is 0 Å². The Morgan fingerprint density at radius 3 is 2.86 bits per heavy atom. The molecule has 3 unspecified atom stereocenters. The van der Waals surface area contributed by atoms with E-state index in [1.165, 1.54) is 11.8 Å². The van der Waals surface area contributed by atoms with Crippen LogP contribution in [-0.4, -0.2) is 48.7 Å². The van der Waals surface area contributed by atoms with Crippen LogP contribution in [-0.2, 0) is 6.54 Å². The van der Waals surface area contributed by atoms with Crippen molar-refractivity contribution in [1.82, 2.24) is 19.5 Å². The number of nitrogen functional groups attached to an aromatic ring is 1. The summed E-state index contributed by atoms with van der Waals surface area (Å²) in [7, 11) is 0. The summed E-state index contributed by atoms with van der Waals surface area (Å²) in [5.74, 6) is 0.669. The lowest BCUT2D eigenvalue weighted by atomic mass is 9.97. The molecule has 0 spiro atoms. The van der Waals surface area contributed by atoms with Gasteiger partial charge < -0.3 is 20.5 Å². The first kappa shape index (κ1) is 14.6. The molecule has 7 nitrogen and oxygen atoms in total. The molecule has 1 aliphatic rings. The van der Waals surface area contributed by atoms with Gasteiger partial charge in [-0.05, 0) is 18.6 Å². The maximum absolute atomic E-state index is 10.4. The van der Waals surface area contributed by atoms with Gasteiger partial charge in [-0.2, -0.15) is 0 Å². The van der Waals surface area contributed by atoms with E-state index >= 15 is 0 Å². The highest BCUT2D eigenvalue weighted by Crippen LogP contribution is 2.54. The molecule has 0 aromatic carbocycles. The number of thioether (sulfide) groups is 1. The molecule has 0 bridgehead atoms. The van der Waals surface area contributed by atoms with Crippen LogP contribution in [0.5, 0.6) is 0 Å². The Hall–Kier alpha value is -1.38. The number of nitrogens with two attached hydrogens (primary N) is 1. The van der Waals surface area contributed by atoms with Crippen LogP contribution in [0.3, 0.4) is 0 Å². The van der Waals surface area contributed by atoms with Gasteiger partial charge in [0.25, 0.3) is 0 Å². The molecule has 2 aromatic heterocycles. The second-order valence-corrected chi connectivity index (χ2v) is 6.45. The molecule has 0 amide bonds. The molecule has 1 fully saturated rings. The lowest BCUT2D eigenvalue weighted by molar-refractivity contribution is 0.0308. The van der Waals surface area contributed by atoms with Crippen molar-refractivity contribution in [2.24, 2.45) is 11.3 Å². The Labute approximate surface area is 126 Å². The van der Waals surface area contributed by atoms with Gasteiger partial charge >= 0.3 is 0 Å². The zero-order valence-corrected chi connectivity index (χ0v) is 12.8. The third-order valence-electron chi connectivity index (χ3n) is 4.49. The number of aliphatic hydroxyl groups is 2. The van der Waals surface area contributed by atoms with E-state index in [0.29, 0.717) is 34.6 Å². The Morgan fingerprint density at radius 2 is 2.29 bits per heavy atom. The summed E-state index contributed by atoms with van der Waals surface area (Å²) in [6, 6.07) is 0. The maximum Gasteiger partial charge on any atom is 0.191 e. The van der Waals surface area contributed by atoms with E-state index in [4.69, 9.17) is 5.73 Å². The molecule has 21 heavy (non-hydrogen) atoms. The standard InChI is InChI=1S/C13H19N5O2S/c1-7-3-13(7,5-19)8(20)4-18-6-15-9-10(14)16-12(21-2)17-11(9)18/h6-8,19-20H,3-5H2,1-2H3,(H2,14,16,17). The Balaban J connectivity index is 1.93. The van der Waals surface area contributed by atoms with Crippen LogP contribution < -0.4 is 5.73 Å². The lowest BCUT2D eigenvalue weighted by Gasteiger charge is -2.21. The quantitative estimate of drug-likeness (QED) is 0.545. The molecule has 3 rings (SSSR count). The van der Waals surface area contributed by atoms with Crippen molar-refractivity contribution in [2.75, 3.05) is 18.6 Å². The zero-order valence-electron chi connectivity index (χ0n) is 12.0. The smallest absolute Gasteiger partial charge is 0.191 e. The fourth-order valence-corrected chi connectivity index (χ4v) is 3.21. The highest BCUT2D eigenvalue weighted by atomic mass is 32.2. The van der Waals surface area contributed by atoms with Crippen LogP contribution in [0.25, 0.3) is 11.2 Å². The Kier molecular flexibility index (Phi) is 3.54. The van der Waals surface area contributed by atoms with Crippen molar-refractivity contribution in [2.45, 2.75) is 31.1 Å². The summed E-state index contributed by atoms with van der Waals surface area (Å²) in [5.41, 5.74) is 6.65. The number of hydrogen-bond donors (Lipinski definition) is 3. The molecule has 2 heterocycles. The van der Waals surface area contributed by atoms with Crippen LogP contribution in [0.15, 0.2) is 11.5 Å². The summed E-state index contributed by atoms with van der Waals surface area (Å²) < 4.78 is 1.78. The van der Waals surface area contributed by atoms with Crippen LogP contribution >= 0.6 is 11.8 Å². The molecule has 0 radical (unpaired) electrons. The highest BCUT2D eigenvalue weighted by molar-refractivity contribution is 7.98. The van der Waals surface area contributed by atoms with Crippen LogP contribution in [0.4, 0.5) is 5.82 Å². The number of aliphatic hydroxyl groups excluding tert-OH is 2. The minimum atomic E-state index is -0.635. The molecule has 1 aliphatic carbocycles. The van der Waals surface area contributed by atoms with Crippen molar-refractivity contribution in [3.05, 3.63) is 6.33 Å². The molecular formula is C13H19N5O2S. The third kappa shape index (κ3) is 2.27. The first-order chi connectivity index (χ1) is 10.0. The number of hydrogen-bond acceptors (Lipinski definition) is 7. The third-order valence-corrected chi connectivity index (χ3v) is 5.04. The van der Waals surface area contributed by atoms with Gasteiger partial charge in [0.15, 0.2) is 16.6 Å². The highest BCUT2D eigenvalue weighted by Gasteiger charge is 2.55. The van der Waals surface area contributed by atoms with Gasteiger partial charge in [0.05, 0.1) is 25.6 Å². The summed E-state index contributed by atoms with van der Waals surface area (Å²) in [6.45, 7) is 2.37. The number of rotatable bonds is 5. The average Bonchev–Trinajstić information content (AvgIpc) is 2.98. The second kappa shape index (κ2) is 5.11. The molecule has 1 saturated carbocycles. The number of fused-ring (bicyclic) bond motifs is 1. The SMILES string of the molecule is CSc1nc(N)c2ncn(CC(O)C3(CO)CC3C)c2n1. The van der Waals surface area contributed by atoms with Crippen molar-refractivity contribution < 1.29 is 10.2 Å². The molecule has 8 heteroatoms. The second-order valence-electron chi connectivity index (χ2n) is 5.68. The first-order valence-corrected chi connectivity index (χ1v) is 8.05. The first-order valence-electron chi connectivity index (χ1n) is 6.83. The van der Waals surface area contributed by atoms with Gasteiger partial charge in [-0.3, -0.25) is 0 Å². The fraction of sp³-hybridized carbons (Fsp3) is 0.615. The molecule has 114 valence electrons. The summed E-state index contributed by atoms with van der Waals surface area (Å²) in [6.07, 6.45) is 3.69. The normalized spacial score (nSPS) is 26.2. The predicted molar refractivity (Wildman–Crippen MR) is 80.8 cm³/mol. The summed E-state index contributed by atoms with van der Waals surface area (Å²) in [4.78, 5) is 12.8. The molecule has 0 saturated heterocycles. The maximum atomic E-state index is 10.4. The van der Waals surface area contributed by atoms with Crippen molar-refractivity contribution in [3.8, 4) is 0 Å². The van der Waals surface area contributed by atoms with Crippen LogP contribution in [0, 0.1) is 11.3 Å². The van der Waals surface area contributed by atoms with E-state index in [1.807, 2.05) is 13.2 Å².